The molecule has 0 spiro atoms. The maximum Gasteiger partial charge on any atom is 0.319 e. The lowest BCUT2D eigenvalue weighted by Gasteiger charge is -2.14. The fourth-order valence-electron chi connectivity index (χ4n) is 1.88. The second kappa shape index (κ2) is 8.19. The quantitative estimate of drug-likeness (QED) is 0.669. The number of benzene rings is 1. The van der Waals surface area contributed by atoms with Gasteiger partial charge in [-0.3, -0.25) is 4.79 Å². The van der Waals surface area contributed by atoms with Crippen molar-refractivity contribution < 1.29 is 9.59 Å². The normalized spacial score (nSPS) is 11.7. The van der Waals surface area contributed by atoms with Gasteiger partial charge in [-0.15, -0.1) is 0 Å². The van der Waals surface area contributed by atoms with E-state index in [0.29, 0.717) is 11.3 Å². The Bertz CT molecular complexity index is 443. The summed E-state index contributed by atoms with van der Waals surface area (Å²) in [7, 11) is 0. The number of anilines is 1. The van der Waals surface area contributed by atoms with Crippen LogP contribution in [0, 0.1) is 0 Å². The second-order valence-corrected chi connectivity index (χ2v) is 4.94. The molecule has 1 atom stereocenters. The molecule has 0 saturated heterocycles. The van der Waals surface area contributed by atoms with Gasteiger partial charge in [0.1, 0.15) is 0 Å². The first-order valence-electron chi connectivity index (χ1n) is 7.00. The molecule has 5 nitrogen and oxygen atoms in total. The zero-order valence-electron chi connectivity index (χ0n) is 12.1. The summed E-state index contributed by atoms with van der Waals surface area (Å²) in [6.07, 6.45) is 4.44. The first-order chi connectivity index (χ1) is 9.52. The van der Waals surface area contributed by atoms with Crippen LogP contribution >= 0.6 is 0 Å². The maximum absolute atomic E-state index is 11.8. The molecule has 5 heteroatoms. The number of nitrogens with one attached hydrogen (secondary N) is 2. The number of unbranched alkanes of at least 4 members (excludes halogenated alkanes) is 2. The van der Waals surface area contributed by atoms with Crippen molar-refractivity contribution in [3.63, 3.8) is 0 Å². The molecule has 0 fully saturated rings. The minimum atomic E-state index is -0.481. The van der Waals surface area contributed by atoms with Crippen LogP contribution in [0.4, 0.5) is 10.5 Å². The van der Waals surface area contributed by atoms with Gasteiger partial charge < -0.3 is 16.4 Å². The van der Waals surface area contributed by atoms with Crippen molar-refractivity contribution >= 4 is 17.6 Å². The molecule has 0 heterocycles. The summed E-state index contributed by atoms with van der Waals surface area (Å²) in [6, 6.07) is 6.39. The summed E-state index contributed by atoms with van der Waals surface area (Å²) in [5.74, 6) is -0.481. The predicted molar refractivity (Wildman–Crippen MR) is 80.7 cm³/mol. The highest BCUT2D eigenvalue weighted by Crippen LogP contribution is 2.09. The standard InChI is InChI=1S/C15H23N3O2/c1-3-4-5-6-11(2)17-15(20)18-13-9-7-12(8-10-13)14(16)19/h7-11H,3-6H2,1-2H3,(H2,16,19)(H2,17,18,20)/t11-/m0/s1. The molecule has 110 valence electrons. The molecule has 0 saturated carbocycles. The highest BCUT2D eigenvalue weighted by Gasteiger charge is 2.07. The average molecular weight is 277 g/mol. The second-order valence-electron chi connectivity index (χ2n) is 4.94. The Hall–Kier alpha value is -2.04. The number of amides is 3. The van der Waals surface area contributed by atoms with Crippen molar-refractivity contribution in [3.8, 4) is 0 Å². The fourth-order valence-corrected chi connectivity index (χ4v) is 1.88. The minimum absolute atomic E-state index is 0.145. The van der Waals surface area contributed by atoms with Crippen molar-refractivity contribution in [1.29, 1.82) is 0 Å². The monoisotopic (exact) mass is 277 g/mol. The zero-order chi connectivity index (χ0) is 15.0. The molecule has 0 aliphatic carbocycles. The van der Waals surface area contributed by atoms with E-state index in [1.54, 1.807) is 24.3 Å². The molecule has 20 heavy (non-hydrogen) atoms. The predicted octanol–water partition coefficient (Wildman–Crippen LogP) is 2.88. The number of hydrogen-bond donors (Lipinski definition) is 3. The molecule has 1 rings (SSSR count). The largest absolute Gasteiger partial charge is 0.366 e. The van der Waals surface area contributed by atoms with Gasteiger partial charge in [0.15, 0.2) is 0 Å². The van der Waals surface area contributed by atoms with Crippen molar-refractivity contribution in [3.05, 3.63) is 29.8 Å². The lowest BCUT2D eigenvalue weighted by molar-refractivity contribution is 0.100. The molecule has 1 aromatic carbocycles. The van der Waals surface area contributed by atoms with Crippen molar-refractivity contribution in [2.75, 3.05) is 5.32 Å². The van der Waals surface area contributed by atoms with Crippen LogP contribution < -0.4 is 16.4 Å². The maximum atomic E-state index is 11.8. The van der Waals surface area contributed by atoms with Gasteiger partial charge in [-0.25, -0.2) is 4.79 Å². The number of primary amides is 1. The Labute approximate surface area is 119 Å². The van der Waals surface area contributed by atoms with E-state index in [0.717, 1.165) is 12.8 Å². The first kappa shape index (κ1) is 16.0. The number of rotatable bonds is 7. The van der Waals surface area contributed by atoms with Crippen molar-refractivity contribution in [2.24, 2.45) is 5.73 Å². The van der Waals surface area contributed by atoms with Crippen LogP contribution in [0.5, 0.6) is 0 Å². The van der Waals surface area contributed by atoms with Crippen molar-refractivity contribution in [2.45, 2.75) is 45.6 Å². The molecule has 0 aromatic heterocycles. The topological polar surface area (TPSA) is 84.2 Å². The molecule has 0 radical (unpaired) electrons. The highest BCUT2D eigenvalue weighted by atomic mass is 16.2. The van der Waals surface area contributed by atoms with Gasteiger partial charge in [0.2, 0.25) is 5.91 Å². The van der Waals surface area contributed by atoms with E-state index in [2.05, 4.69) is 17.6 Å². The molecule has 0 bridgehead atoms. The molecule has 0 aliphatic heterocycles. The summed E-state index contributed by atoms with van der Waals surface area (Å²) in [4.78, 5) is 22.7. The highest BCUT2D eigenvalue weighted by molar-refractivity contribution is 5.94. The van der Waals surface area contributed by atoms with Crippen LogP contribution in [0.1, 0.15) is 49.9 Å². The SMILES string of the molecule is CCCCC[C@H](C)NC(=O)Nc1ccc(C(N)=O)cc1. The van der Waals surface area contributed by atoms with E-state index in [1.165, 1.54) is 12.8 Å². The Kier molecular flexibility index (Phi) is 6.56. The van der Waals surface area contributed by atoms with E-state index in [9.17, 15) is 9.59 Å². The van der Waals surface area contributed by atoms with E-state index >= 15 is 0 Å². The van der Waals surface area contributed by atoms with Gasteiger partial charge >= 0.3 is 6.03 Å². The molecule has 1 aromatic rings. The Morgan fingerprint density at radius 3 is 2.40 bits per heavy atom. The summed E-state index contributed by atoms with van der Waals surface area (Å²) in [5, 5.41) is 5.61. The summed E-state index contributed by atoms with van der Waals surface area (Å²) in [6.45, 7) is 4.14. The third-order valence-electron chi connectivity index (χ3n) is 3.05. The number of nitrogens with two attached hydrogens (primary N) is 1. The lowest BCUT2D eigenvalue weighted by Crippen LogP contribution is -2.36. The summed E-state index contributed by atoms with van der Waals surface area (Å²) in [5.41, 5.74) is 6.20. The zero-order valence-corrected chi connectivity index (χ0v) is 12.1. The fraction of sp³-hybridized carbons (Fsp3) is 0.467. The van der Waals surface area contributed by atoms with Crippen LogP contribution in [-0.4, -0.2) is 18.0 Å². The van der Waals surface area contributed by atoms with Crippen LogP contribution in [0.15, 0.2) is 24.3 Å². The molecule has 4 N–H and O–H groups in total. The van der Waals surface area contributed by atoms with Gasteiger partial charge in [0.25, 0.3) is 0 Å². The number of hydrogen-bond acceptors (Lipinski definition) is 2. The van der Waals surface area contributed by atoms with Crippen LogP contribution in [-0.2, 0) is 0 Å². The van der Waals surface area contributed by atoms with Gasteiger partial charge in [-0.2, -0.15) is 0 Å². The molecule has 3 amide bonds. The summed E-state index contributed by atoms with van der Waals surface area (Å²) < 4.78 is 0. The van der Waals surface area contributed by atoms with Gasteiger partial charge in [-0.1, -0.05) is 26.2 Å². The third-order valence-corrected chi connectivity index (χ3v) is 3.05. The van der Waals surface area contributed by atoms with Crippen molar-refractivity contribution in [1.82, 2.24) is 5.32 Å². The van der Waals surface area contributed by atoms with Crippen LogP contribution in [0.2, 0.25) is 0 Å². The third kappa shape index (κ3) is 5.73. The van der Waals surface area contributed by atoms with Crippen LogP contribution in [0.25, 0.3) is 0 Å². The Morgan fingerprint density at radius 2 is 1.85 bits per heavy atom. The number of carbonyl (C=O) groups excluding carboxylic acids is 2. The molecular weight excluding hydrogens is 254 g/mol. The van der Waals surface area contributed by atoms with E-state index < -0.39 is 5.91 Å². The van der Waals surface area contributed by atoms with Gasteiger partial charge in [0, 0.05) is 17.3 Å². The number of carbonyl (C=O) groups is 2. The Morgan fingerprint density at radius 1 is 1.20 bits per heavy atom. The lowest BCUT2D eigenvalue weighted by atomic mass is 10.1. The molecular formula is C15H23N3O2. The summed E-state index contributed by atoms with van der Waals surface area (Å²) >= 11 is 0. The smallest absolute Gasteiger partial charge is 0.319 e. The first-order valence-corrected chi connectivity index (χ1v) is 7.00. The minimum Gasteiger partial charge on any atom is -0.366 e. The van der Waals surface area contributed by atoms with Gasteiger partial charge in [-0.05, 0) is 37.6 Å². The van der Waals surface area contributed by atoms with E-state index in [4.69, 9.17) is 5.73 Å². The Balaban J connectivity index is 2.39. The number of urea groups is 1. The average Bonchev–Trinajstić information content (AvgIpc) is 2.39. The van der Waals surface area contributed by atoms with Crippen LogP contribution in [0.3, 0.4) is 0 Å². The molecule has 0 unspecified atom stereocenters. The van der Waals surface area contributed by atoms with E-state index in [-0.39, 0.29) is 12.1 Å². The van der Waals surface area contributed by atoms with Gasteiger partial charge in [0.05, 0.1) is 0 Å². The molecule has 0 aliphatic rings. The van der Waals surface area contributed by atoms with E-state index in [1.807, 2.05) is 6.92 Å².